The van der Waals surface area contributed by atoms with Crippen molar-refractivity contribution in [2.75, 3.05) is 18.6 Å². The maximum Gasteiger partial charge on any atom is 0.241 e. The van der Waals surface area contributed by atoms with Crippen LogP contribution in [0.3, 0.4) is 0 Å². The van der Waals surface area contributed by atoms with Crippen LogP contribution in [0.15, 0.2) is 0 Å². The molecule has 2 unspecified atom stereocenters. The van der Waals surface area contributed by atoms with Gasteiger partial charge < -0.3 is 4.90 Å². The zero-order valence-corrected chi connectivity index (χ0v) is 12.2. The van der Waals surface area contributed by atoms with Crippen molar-refractivity contribution < 1.29 is 4.79 Å². The molecule has 1 fully saturated rings. The molecule has 0 saturated carbocycles. The van der Waals surface area contributed by atoms with Crippen LogP contribution in [-0.4, -0.2) is 41.6 Å². The number of rotatable bonds is 8. The molecule has 0 radical (unpaired) electrons. The molecule has 1 aliphatic rings. The maximum absolute atomic E-state index is 12.1. The fourth-order valence-corrected chi connectivity index (χ4v) is 2.78. The molecule has 1 heterocycles. The van der Waals surface area contributed by atoms with E-state index in [2.05, 4.69) is 25.4 Å². The average molecular weight is 258 g/mol. The Labute approximate surface area is 110 Å². The van der Waals surface area contributed by atoms with Crippen LogP contribution in [0, 0.1) is 0 Å². The van der Waals surface area contributed by atoms with Crippen molar-refractivity contribution in [2.45, 2.75) is 58.2 Å². The predicted molar refractivity (Wildman–Crippen MR) is 75.2 cm³/mol. The Morgan fingerprint density at radius 2 is 2.12 bits per heavy atom. The van der Waals surface area contributed by atoms with Crippen molar-refractivity contribution in [3.63, 3.8) is 0 Å². The number of thioether (sulfide) groups is 1. The lowest BCUT2D eigenvalue weighted by atomic mass is 10.1. The molecule has 1 N–H and O–H groups in total. The van der Waals surface area contributed by atoms with Gasteiger partial charge >= 0.3 is 0 Å². The van der Waals surface area contributed by atoms with Gasteiger partial charge in [-0.2, -0.15) is 11.8 Å². The van der Waals surface area contributed by atoms with Crippen LogP contribution in [-0.2, 0) is 4.79 Å². The van der Waals surface area contributed by atoms with Crippen LogP contribution in [0.5, 0.6) is 0 Å². The summed E-state index contributed by atoms with van der Waals surface area (Å²) in [4.78, 5) is 14.2. The largest absolute Gasteiger partial charge is 0.326 e. The fraction of sp³-hybridized carbons (Fsp3) is 0.923. The number of hydrogen-bond acceptors (Lipinski definition) is 3. The van der Waals surface area contributed by atoms with Crippen molar-refractivity contribution in [1.82, 2.24) is 10.2 Å². The molecule has 1 amide bonds. The minimum absolute atomic E-state index is 0.0745. The van der Waals surface area contributed by atoms with E-state index in [4.69, 9.17) is 0 Å². The Morgan fingerprint density at radius 1 is 1.35 bits per heavy atom. The van der Waals surface area contributed by atoms with E-state index < -0.39 is 0 Å². The normalized spacial score (nSPS) is 24.6. The SMILES string of the molecule is CCCCC1NC(C)N(CCCCSC)C1=O. The van der Waals surface area contributed by atoms with E-state index in [0.29, 0.717) is 5.91 Å². The first-order valence-corrected chi connectivity index (χ1v) is 8.15. The molecular weight excluding hydrogens is 232 g/mol. The van der Waals surface area contributed by atoms with Gasteiger partial charge in [0.05, 0.1) is 12.2 Å². The van der Waals surface area contributed by atoms with Gasteiger partial charge in [0.1, 0.15) is 0 Å². The zero-order valence-electron chi connectivity index (χ0n) is 11.4. The molecule has 1 aliphatic heterocycles. The molecule has 4 heteroatoms. The first kappa shape index (κ1) is 14.8. The standard InChI is InChI=1S/C13H26N2OS/c1-4-5-8-12-13(16)15(11(2)14-12)9-6-7-10-17-3/h11-12,14H,4-10H2,1-3H3. The molecule has 0 aromatic rings. The van der Waals surface area contributed by atoms with Gasteiger partial charge in [0, 0.05) is 6.54 Å². The molecule has 17 heavy (non-hydrogen) atoms. The van der Waals surface area contributed by atoms with Crippen LogP contribution < -0.4 is 5.32 Å². The van der Waals surface area contributed by atoms with E-state index in [1.165, 1.54) is 12.2 Å². The number of unbranched alkanes of at least 4 members (excludes halogenated alkanes) is 2. The molecule has 0 aliphatic carbocycles. The highest BCUT2D eigenvalue weighted by molar-refractivity contribution is 7.98. The van der Waals surface area contributed by atoms with E-state index in [1.807, 2.05) is 16.7 Å². The molecule has 100 valence electrons. The van der Waals surface area contributed by atoms with E-state index in [9.17, 15) is 4.79 Å². The van der Waals surface area contributed by atoms with Crippen LogP contribution in [0.2, 0.25) is 0 Å². The Bertz CT molecular complexity index is 235. The van der Waals surface area contributed by atoms with Gasteiger partial charge in [0.15, 0.2) is 0 Å². The van der Waals surface area contributed by atoms with Crippen LogP contribution in [0.4, 0.5) is 0 Å². The van der Waals surface area contributed by atoms with Crippen molar-refractivity contribution in [3.05, 3.63) is 0 Å². The van der Waals surface area contributed by atoms with Crippen molar-refractivity contribution in [2.24, 2.45) is 0 Å². The maximum atomic E-state index is 12.1. The molecule has 1 rings (SSSR count). The van der Waals surface area contributed by atoms with Gasteiger partial charge in [-0.3, -0.25) is 10.1 Å². The predicted octanol–water partition coefficient (Wildman–Crippen LogP) is 2.47. The zero-order chi connectivity index (χ0) is 12.7. The highest BCUT2D eigenvalue weighted by atomic mass is 32.2. The molecule has 3 nitrogen and oxygen atoms in total. The Hall–Kier alpha value is -0.220. The van der Waals surface area contributed by atoms with Crippen LogP contribution in [0.25, 0.3) is 0 Å². The minimum Gasteiger partial charge on any atom is -0.326 e. The van der Waals surface area contributed by atoms with Gasteiger partial charge in [0.25, 0.3) is 0 Å². The lowest BCUT2D eigenvalue weighted by Gasteiger charge is -2.20. The minimum atomic E-state index is 0.0745. The molecule has 2 atom stereocenters. The van der Waals surface area contributed by atoms with E-state index in [0.717, 1.165) is 32.2 Å². The summed E-state index contributed by atoms with van der Waals surface area (Å²) < 4.78 is 0. The lowest BCUT2D eigenvalue weighted by molar-refractivity contribution is -0.130. The van der Waals surface area contributed by atoms with Crippen LogP contribution >= 0.6 is 11.8 Å². The summed E-state index contributed by atoms with van der Waals surface area (Å²) in [5.41, 5.74) is 0. The highest BCUT2D eigenvalue weighted by Gasteiger charge is 2.34. The number of amides is 1. The summed E-state index contributed by atoms with van der Waals surface area (Å²) >= 11 is 1.88. The molecule has 0 bridgehead atoms. The van der Waals surface area contributed by atoms with E-state index in [1.54, 1.807) is 0 Å². The van der Waals surface area contributed by atoms with Crippen molar-refractivity contribution in [1.29, 1.82) is 0 Å². The monoisotopic (exact) mass is 258 g/mol. The number of hydrogen-bond donors (Lipinski definition) is 1. The number of nitrogens with one attached hydrogen (secondary N) is 1. The van der Waals surface area contributed by atoms with E-state index in [-0.39, 0.29) is 12.2 Å². The summed E-state index contributed by atoms with van der Waals surface area (Å²) in [6.07, 6.45) is 7.96. The lowest BCUT2D eigenvalue weighted by Crippen LogP contribution is -2.35. The first-order valence-electron chi connectivity index (χ1n) is 6.76. The number of nitrogens with zero attached hydrogens (tertiary/aromatic N) is 1. The average Bonchev–Trinajstić information content (AvgIpc) is 2.58. The topological polar surface area (TPSA) is 32.3 Å². The van der Waals surface area contributed by atoms with Gasteiger partial charge in [-0.05, 0) is 38.2 Å². The van der Waals surface area contributed by atoms with Gasteiger partial charge in [0.2, 0.25) is 5.91 Å². The Balaban J connectivity index is 2.31. The molecule has 0 aromatic heterocycles. The fourth-order valence-electron chi connectivity index (χ4n) is 2.29. The quantitative estimate of drug-likeness (QED) is 0.679. The van der Waals surface area contributed by atoms with Crippen molar-refractivity contribution >= 4 is 17.7 Å². The third kappa shape index (κ3) is 4.51. The summed E-state index contributed by atoms with van der Waals surface area (Å²) in [5.74, 6) is 1.51. The Kier molecular flexibility index (Phi) is 6.97. The highest BCUT2D eigenvalue weighted by Crippen LogP contribution is 2.16. The number of carbonyl (C=O) groups is 1. The summed E-state index contributed by atoms with van der Waals surface area (Å²) in [5, 5.41) is 3.40. The molecular formula is C13H26N2OS. The van der Waals surface area contributed by atoms with E-state index >= 15 is 0 Å². The second kappa shape index (κ2) is 7.98. The number of carbonyl (C=O) groups excluding carboxylic acids is 1. The second-order valence-corrected chi connectivity index (χ2v) is 5.75. The third-order valence-corrected chi connectivity index (χ3v) is 4.03. The molecule has 0 spiro atoms. The van der Waals surface area contributed by atoms with Gasteiger partial charge in [-0.1, -0.05) is 19.8 Å². The van der Waals surface area contributed by atoms with Gasteiger partial charge in [-0.15, -0.1) is 0 Å². The van der Waals surface area contributed by atoms with Gasteiger partial charge in [-0.25, -0.2) is 0 Å². The summed E-state index contributed by atoms with van der Waals surface area (Å²) in [6.45, 7) is 5.18. The summed E-state index contributed by atoms with van der Waals surface area (Å²) in [7, 11) is 0. The smallest absolute Gasteiger partial charge is 0.241 e. The molecule has 1 saturated heterocycles. The van der Waals surface area contributed by atoms with Crippen molar-refractivity contribution in [3.8, 4) is 0 Å². The molecule has 0 aromatic carbocycles. The summed E-state index contributed by atoms with van der Waals surface area (Å²) in [6, 6.07) is 0.0745. The second-order valence-electron chi connectivity index (χ2n) is 4.77. The third-order valence-electron chi connectivity index (χ3n) is 3.33. The van der Waals surface area contributed by atoms with Crippen LogP contribution in [0.1, 0.15) is 46.0 Å². The first-order chi connectivity index (χ1) is 8.20. The Morgan fingerprint density at radius 3 is 2.76 bits per heavy atom.